The molecule has 0 fully saturated rings. The van der Waals surface area contributed by atoms with Gasteiger partial charge in [-0.15, -0.1) is 11.3 Å². The number of Topliss-reactive ketones (excluding diaryl/α,β-unsaturated/α-hetero) is 1. The van der Waals surface area contributed by atoms with Gasteiger partial charge in [-0.05, 0) is 41.9 Å². The van der Waals surface area contributed by atoms with Gasteiger partial charge in [-0.2, -0.15) is 0 Å². The summed E-state index contributed by atoms with van der Waals surface area (Å²) in [7, 11) is -1.08. The molecular formula is C17H30O2SSi. The van der Waals surface area contributed by atoms with Gasteiger partial charge in [-0.1, -0.05) is 34.6 Å². The van der Waals surface area contributed by atoms with Crippen LogP contribution in [0.25, 0.3) is 0 Å². The minimum atomic E-state index is -1.08. The summed E-state index contributed by atoms with van der Waals surface area (Å²) in [4.78, 5) is 13.0. The topological polar surface area (TPSA) is 26.3 Å². The standard InChI is InChI=1S/C17H30O2SSi/c1-12(2)14(18)9-8-13-10-15(20-11-13)16(17(3,4)5)19-21(6)7/h10-12,16,21H,8-9H2,1-7H3. The highest BCUT2D eigenvalue weighted by Gasteiger charge is 2.29. The highest BCUT2D eigenvalue weighted by atomic mass is 32.1. The van der Waals surface area contributed by atoms with Crippen molar-refractivity contribution in [3.05, 3.63) is 21.9 Å². The summed E-state index contributed by atoms with van der Waals surface area (Å²) in [6, 6.07) is 2.24. The molecule has 4 heteroatoms. The maximum atomic E-state index is 11.7. The molecule has 0 radical (unpaired) electrons. The van der Waals surface area contributed by atoms with E-state index in [0.29, 0.717) is 12.2 Å². The van der Waals surface area contributed by atoms with Crippen LogP contribution >= 0.6 is 11.3 Å². The van der Waals surface area contributed by atoms with Crippen molar-refractivity contribution in [1.29, 1.82) is 0 Å². The largest absolute Gasteiger partial charge is 0.412 e. The Labute approximate surface area is 135 Å². The number of aryl methyl sites for hydroxylation is 1. The van der Waals surface area contributed by atoms with E-state index in [-0.39, 0.29) is 17.4 Å². The van der Waals surface area contributed by atoms with Crippen LogP contribution in [0.4, 0.5) is 0 Å². The van der Waals surface area contributed by atoms with Crippen LogP contribution in [0.15, 0.2) is 11.4 Å². The van der Waals surface area contributed by atoms with Crippen molar-refractivity contribution in [3.63, 3.8) is 0 Å². The molecule has 0 amide bonds. The number of hydrogen-bond donors (Lipinski definition) is 0. The SMILES string of the molecule is CC(C)C(=O)CCc1csc(C(O[SiH](C)C)C(C)(C)C)c1. The number of rotatable bonds is 7. The van der Waals surface area contributed by atoms with E-state index in [1.54, 1.807) is 11.3 Å². The lowest BCUT2D eigenvalue weighted by molar-refractivity contribution is -0.121. The fourth-order valence-electron chi connectivity index (χ4n) is 2.19. The van der Waals surface area contributed by atoms with Crippen LogP contribution in [0.5, 0.6) is 0 Å². The lowest BCUT2D eigenvalue weighted by atomic mass is 9.88. The van der Waals surface area contributed by atoms with Crippen molar-refractivity contribution >= 4 is 26.2 Å². The Kier molecular flexibility index (Phi) is 6.82. The summed E-state index contributed by atoms with van der Waals surface area (Å²) in [6.45, 7) is 15.1. The van der Waals surface area contributed by atoms with Gasteiger partial charge in [0.15, 0.2) is 9.04 Å². The van der Waals surface area contributed by atoms with Crippen molar-refractivity contribution in [3.8, 4) is 0 Å². The molecule has 0 spiro atoms. The molecule has 0 aliphatic carbocycles. The molecular weight excluding hydrogens is 296 g/mol. The van der Waals surface area contributed by atoms with Gasteiger partial charge in [0.25, 0.3) is 0 Å². The zero-order valence-electron chi connectivity index (χ0n) is 14.5. The molecule has 0 saturated carbocycles. The van der Waals surface area contributed by atoms with Gasteiger partial charge >= 0.3 is 0 Å². The van der Waals surface area contributed by atoms with Crippen LogP contribution in [0.3, 0.4) is 0 Å². The monoisotopic (exact) mass is 326 g/mol. The second-order valence-corrected chi connectivity index (χ2v) is 10.7. The van der Waals surface area contributed by atoms with Gasteiger partial charge in [0.1, 0.15) is 5.78 Å². The molecule has 0 aromatic carbocycles. The van der Waals surface area contributed by atoms with E-state index in [0.717, 1.165) is 6.42 Å². The molecule has 0 N–H and O–H groups in total. The molecule has 2 nitrogen and oxygen atoms in total. The van der Waals surface area contributed by atoms with Crippen molar-refractivity contribution < 1.29 is 9.22 Å². The minimum absolute atomic E-state index is 0.104. The van der Waals surface area contributed by atoms with E-state index in [1.165, 1.54) is 10.4 Å². The summed E-state index contributed by atoms with van der Waals surface area (Å²) < 4.78 is 6.26. The Morgan fingerprint density at radius 2 is 1.95 bits per heavy atom. The van der Waals surface area contributed by atoms with E-state index in [1.807, 2.05) is 13.8 Å². The molecule has 1 aromatic rings. The first kappa shape index (κ1) is 18.6. The van der Waals surface area contributed by atoms with E-state index < -0.39 is 9.04 Å². The Bertz CT molecular complexity index is 458. The number of carbonyl (C=O) groups excluding carboxylic acids is 1. The van der Waals surface area contributed by atoms with Crippen LogP contribution in [-0.4, -0.2) is 14.8 Å². The Morgan fingerprint density at radius 1 is 1.33 bits per heavy atom. The average molecular weight is 327 g/mol. The maximum Gasteiger partial charge on any atom is 0.171 e. The van der Waals surface area contributed by atoms with Gasteiger partial charge in [0.05, 0.1) is 6.10 Å². The smallest absolute Gasteiger partial charge is 0.171 e. The molecule has 0 bridgehead atoms. The zero-order valence-corrected chi connectivity index (χ0v) is 16.5. The Hall–Kier alpha value is -0.453. The van der Waals surface area contributed by atoms with Crippen molar-refractivity contribution in [2.45, 2.75) is 66.7 Å². The molecule has 120 valence electrons. The van der Waals surface area contributed by atoms with Gasteiger partial charge in [-0.25, -0.2) is 0 Å². The normalized spacial score (nSPS) is 14.0. The van der Waals surface area contributed by atoms with Gasteiger partial charge in [-0.3, -0.25) is 4.79 Å². The van der Waals surface area contributed by atoms with E-state index in [4.69, 9.17) is 4.43 Å². The Balaban J connectivity index is 2.77. The predicted molar refractivity (Wildman–Crippen MR) is 94.6 cm³/mol. The molecule has 0 aliphatic rings. The number of hydrogen-bond acceptors (Lipinski definition) is 3. The molecule has 1 aromatic heterocycles. The third-order valence-corrected chi connectivity index (χ3v) is 5.27. The molecule has 0 saturated heterocycles. The molecule has 1 rings (SSSR count). The van der Waals surface area contributed by atoms with Gasteiger partial charge in [0, 0.05) is 17.2 Å². The Morgan fingerprint density at radius 3 is 2.43 bits per heavy atom. The molecule has 1 atom stereocenters. The van der Waals surface area contributed by atoms with Gasteiger partial charge < -0.3 is 4.43 Å². The quantitative estimate of drug-likeness (QED) is 0.660. The summed E-state index contributed by atoms with van der Waals surface area (Å²) in [5.74, 6) is 0.488. The highest BCUT2D eigenvalue weighted by molar-refractivity contribution is 7.10. The molecule has 1 unspecified atom stereocenters. The predicted octanol–water partition coefficient (Wildman–Crippen LogP) is 4.99. The fraction of sp³-hybridized carbons (Fsp3) is 0.706. The third-order valence-electron chi connectivity index (χ3n) is 3.43. The first-order valence-electron chi connectivity index (χ1n) is 7.86. The summed E-state index contributed by atoms with van der Waals surface area (Å²) in [5, 5.41) is 2.19. The second kappa shape index (κ2) is 7.70. The van der Waals surface area contributed by atoms with E-state index in [2.05, 4.69) is 45.3 Å². The zero-order chi connectivity index (χ0) is 16.2. The van der Waals surface area contributed by atoms with Crippen LogP contribution in [0.1, 0.15) is 57.6 Å². The first-order chi connectivity index (χ1) is 9.61. The van der Waals surface area contributed by atoms with Gasteiger partial charge in [0.2, 0.25) is 0 Å². The van der Waals surface area contributed by atoms with Crippen molar-refractivity contribution in [1.82, 2.24) is 0 Å². The minimum Gasteiger partial charge on any atom is -0.412 e. The van der Waals surface area contributed by atoms with Crippen LogP contribution < -0.4 is 0 Å². The number of thiophene rings is 1. The molecule has 21 heavy (non-hydrogen) atoms. The number of ketones is 1. The average Bonchev–Trinajstić information content (AvgIpc) is 2.79. The van der Waals surface area contributed by atoms with Crippen molar-refractivity contribution in [2.75, 3.05) is 0 Å². The lowest BCUT2D eigenvalue weighted by Crippen LogP contribution is -2.25. The van der Waals surface area contributed by atoms with E-state index >= 15 is 0 Å². The van der Waals surface area contributed by atoms with Crippen LogP contribution in [0, 0.1) is 11.3 Å². The first-order valence-corrected chi connectivity index (χ1v) is 11.5. The van der Waals surface area contributed by atoms with Crippen LogP contribution in [0.2, 0.25) is 13.1 Å². The third kappa shape index (κ3) is 6.05. The highest BCUT2D eigenvalue weighted by Crippen LogP contribution is 2.39. The second-order valence-electron chi connectivity index (χ2n) is 7.41. The number of carbonyl (C=O) groups is 1. The summed E-state index contributed by atoms with van der Waals surface area (Å²) >= 11 is 1.77. The summed E-state index contributed by atoms with van der Waals surface area (Å²) in [5.41, 5.74) is 1.37. The lowest BCUT2D eigenvalue weighted by Gasteiger charge is -2.31. The molecule has 0 aliphatic heterocycles. The van der Waals surface area contributed by atoms with E-state index in [9.17, 15) is 4.79 Å². The fourth-order valence-corrected chi connectivity index (χ4v) is 4.61. The molecule has 1 heterocycles. The summed E-state index contributed by atoms with van der Waals surface area (Å²) in [6.07, 6.45) is 1.67. The maximum absolute atomic E-state index is 11.7. The van der Waals surface area contributed by atoms with Crippen LogP contribution in [-0.2, 0) is 15.6 Å². The van der Waals surface area contributed by atoms with Crippen molar-refractivity contribution in [2.24, 2.45) is 11.3 Å².